The lowest BCUT2D eigenvalue weighted by molar-refractivity contribution is 0.627. The summed E-state index contributed by atoms with van der Waals surface area (Å²) in [5, 5.41) is 9.42. The van der Waals surface area contributed by atoms with Crippen LogP contribution in [0.15, 0.2) is 24.5 Å². The number of benzene rings is 1. The molecule has 0 radical (unpaired) electrons. The Labute approximate surface area is 91.9 Å². The SMILES string of the molecule is CC(Nc1ccc(N)cc1F)c1ncn[nH]1. The van der Waals surface area contributed by atoms with Crippen molar-refractivity contribution in [2.75, 3.05) is 11.1 Å². The normalized spacial score (nSPS) is 12.4. The Morgan fingerprint density at radius 1 is 1.50 bits per heavy atom. The van der Waals surface area contributed by atoms with Gasteiger partial charge in [0.15, 0.2) is 0 Å². The molecule has 1 atom stereocenters. The van der Waals surface area contributed by atoms with Crippen LogP contribution in [0.2, 0.25) is 0 Å². The van der Waals surface area contributed by atoms with E-state index in [1.807, 2.05) is 6.92 Å². The van der Waals surface area contributed by atoms with Crippen LogP contribution in [0.3, 0.4) is 0 Å². The van der Waals surface area contributed by atoms with E-state index in [-0.39, 0.29) is 11.9 Å². The van der Waals surface area contributed by atoms with E-state index in [4.69, 9.17) is 5.73 Å². The van der Waals surface area contributed by atoms with Crippen molar-refractivity contribution in [3.63, 3.8) is 0 Å². The van der Waals surface area contributed by atoms with Crippen LogP contribution in [-0.2, 0) is 0 Å². The van der Waals surface area contributed by atoms with Crippen LogP contribution < -0.4 is 11.1 Å². The molecule has 1 heterocycles. The predicted molar refractivity (Wildman–Crippen MR) is 59.2 cm³/mol. The fourth-order valence-corrected chi connectivity index (χ4v) is 1.37. The molecule has 2 aromatic rings. The number of nitrogens with zero attached hydrogens (tertiary/aromatic N) is 2. The number of halogens is 1. The fourth-order valence-electron chi connectivity index (χ4n) is 1.37. The van der Waals surface area contributed by atoms with Crippen LogP contribution in [0.4, 0.5) is 15.8 Å². The smallest absolute Gasteiger partial charge is 0.148 e. The highest BCUT2D eigenvalue weighted by Crippen LogP contribution is 2.21. The van der Waals surface area contributed by atoms with E-state index in [1.54, 1.807) is 12.1 Å². The molecule has 0 saturated carbocycles. The molecule has 84 valence electrons. The molecular weight excluding hydrogens is 209 g/mol. The van der Waals surface area contributed by atoms with Gasteiger partial charge in [-0.1, -0.05) is 0 Å². The molecule has 1 aromatic heterocycles. The van der Waals surface area contributed by atoms with E-state index < -0.39 is 0 Å². The third-order valence-electron chi connectivity index (χ3n) is 2.21. The summed E-state index contributed by atoms with van der Waals surface area (Å²) in [6.07, 6.45) is 1.41. The molecule has 6 heteroatoms. The Balaban J connectivity index is 2.15. The zero-order chi connectivity index (χ0) is 11.5. The summed E-state index contributed by atoms with van der Waals surface area (Å²) in [6, 6.07) is 4.35. The first-order chi connectivity index (χ1) is 7.66. The van der Waals surface area contributed by atoms with Gasteiger partial charge in [0.05, 0.1) is 11.7 Å². The molecule has 0 bridgehead atoms. The number of hydrogen-bond acceptors (Lipinski definition) is 4. The molecule has 1 aromatic carbocycles. The van der Waals surface area contributed by atoms with Gasteiger partial charge in [-0.05, 0) is 25.1 Å². The fraction of sp³-hybridized carbons (Fsp3) is 0.200. The van der Waals surface area contributed by atoms with Gasteiger partial charge in [-0.15, -0.1) is 0 Å². The highest BCUT2D eigenvalue weighted by atomic mass is 19.1. The minimum atomic E-state index is -0.383. The molecular formula is C10H12FN5. The molecule has 4 N–H and O–H groups in total. The third-order valence-corrected chi connectivity index (χ3v) is 2.21. The average Bonchev–Trinajstić information content (AvgIpc) is 2.75. The summed E-state index contributed by atoms with van der Waals surface area (Å²) in [4.78, 5) is 3.98. The molecule has 0 aliphatic carbocycles. The van der Waals surface area contributed by atoms with E-state index >= 15 is 0 Å². The standard InChI is InChI=1S/C10H12FN5/c1-6(10-13-5-14-16-10)15-9-3-2-7(12)4-8(9)11/h2-6,15H,12H2,1H3,(H,13,14,16). The van der Waals surface area contributed by atoms with Gasteiger partial charge in [0, 0.05) is 5.69 Å². The van der Waals surface area contributed by atoms with Gasteiger partial charge in [-0.2, -0.15) is 5.10 Å². The van der Waals surface area contributed by atoms with Crippen molar-refractivity contribution in [1.82, 2.24) is 15.2 Å². The second-order valence-electron chi connectivity index (χ2n) is 3.48. The minimum Gasteiger partial charge on any atom is -0.399 e. The number of aromatic amines is 1. The van der Waals surface area contributed by atoms with Gasteiger partial charge in [-0.25, -0.2) is 9.37 Å². The molecule has 16 heavy (non-hydrogen) atoms. The van der Waals surface area contributed by atoms with Gasteiger partial charge in [-0.3, -0.25) is 5.10 Å². The molecule has 2 rings (SSSR count). The van der Waals surface area contributed by atoms with Crippen molar-refractivity contribution < 1.29 is 4.39 Å². The number of nitrogens with two attached hydrogens (primary N) is 1. The van der Waals surface area contributed by atoms with Gasteiger partial charge in [0.2, 0.25) is 0 Å². The van der Waals surface area contributed by atoms with Crippen molar-refractivity contribution >= 4 is 11.4 Å². The summed E-state index contributed by atoms with van der Waals surface area (Å²) < 4.78 is 13.5. The first-order valence-electron chi connectivity index (χ1n) is 4.83. The molecule has 0 spiro atoms. The number of hydrogen-bond donors (Lipinski definition) is 3. The maximum atomic E-state index is 13.5. The van der Waals surface area contributed by atoms with Crippen molar-refractivity contribution in [2.45, 2.75) is 13.0 Å². The zero-order valence-corrected chi connectivity index (χ0v) is 8.74. The second-order valence-corrected chi connectivity index (χ2v) is 3.48. The van der Waals surface area contributed by atoms with E-state index in [0.29, 0.717) is 17.2 Å². The monoisotopic (exact) mass is 221 g/mol. The van der Waals surface area contributed by atoms with E-state index in [0.717, 1.165) is 0 Å². The molecule has 0 saturated heterocycles. The summed E-state index contributed by atoms with van der Waals surface area (Å²) in [5.74, 6) is 0.266. The number of rotatable bonds is 3. The van der Waals surface area contributed by atoms with Crippen LogP contribution in [0.25, 0.3) is 0 Å². The Bertz CT molecular complexity index is 468. The van der Waals surface area contributed by atoms with E-state index in [2.05, 4.69) is 20.5 Å². The van der Waals surface area contributed by atoms with Crippen LogP contribution in [-0.4, -0.2) is 15.2 Å². The van der Waals surface area contributed by atoms with Crippen LogP contribution in [0, 0.1) is 5.82 Å². The number of aromatic nitrogens is 3. The van der Waals surface area contributed by atoms with Crippen molar-refractivity contribution in [3.05, 3.63) is 36.2 Å². The Kier molecular flexibility index (Phi) is 2.72. The molecule has 0 aliphatic heterocycles. The topological polar surface area (TPSA) is 79.6 Å². The lowest BCUT2D eigenvalue weighted by Crippen LogP contribution is -2.09. The Morgan fingerprint density at radius 2 is 2.31 bits per heavy atom. The summed E-state index contributed by atoms with van der Waals surface area (Å²) in [5.41, 5.74) is 6.24. The zero-order valence-electron chi connectivity index (χ0n) is 8.74. The minimum absolute atomic E-state index is 0.152. The van der Waals surface area contributed by atoms with E-state index in [1.165, 1.54) is 12.4 Å². The summed E-state index contributed by atoms with van der Waals surface area (Å²) in [7, 11) is 0. The molecule has 0 amide bonds. The highest BCUT2D eigenvalue weighted by molar-refractivity contribution is 5.53. The lowest BCUT2D eigenvalue weighted by atomic mass is 10.2. The molecule has 1 unspecified atom stereocenters. The second kappa shape index (κ2) is 4.18. The van der Waals surface area contributed by atoms with Crippen LogP contribution in [0.1, 0.15) is 18.8 Å². The van der Waals surface area contributed by atoms with Crippen molar-refractivity contribution in [3.8, 4) is 0 Å². The molecule has 0 aliphatic rings. The number of anilines is 2. The maximum Gasteiger partial charge on any atom is 0.148 e. The average molecular weight is 221 g/mol. The molecule has 0 fully saturated rings. The van der Waals surface area contributed by atoms with Crippen molar-refractivity contribution in [1.29, 1.82) is 0 Å². The largest absolute Gasteiger partial charge is 0.399 e. The maximum absolute atomic E-state index is 13.5. The van der Waals surface area contributed by atoms with Crippen LogP contribution in [0.5, 0.6) is 0 Å². The third kappa shape index (κ3) is 2.10. The number of H-pyrrole nitrogens is 1. The first kappa shape index (κ1) is 10.4. The summed E-state index contributed by atoms with van der Waals surface area (Å²) in [6.45, 7) is 1.86. The van der Waals surface area contributed by atoms with Gasteiger partial charge in [0.1, 0.15) is 18.0 Å². The lowest BCUT2D eigenvalue weighted by Gasteiger charge is -2.13. The Hall–Kier alpha value is -2.11. The van der Waals surface area contributed by atoms with E-state index in [9.17, 15) is 4.39 Å². The quantitative estimate of drug-likeness (QED) is 0.689. The highest BCUT2D eigenvalue weighted by Gasteiger charge is 2.10. The first-order valence-corrected chi connectivity index (χ1v) is 4.83. The van der Waals surface area contributed by atoms with Crippen LogP contribution >= 0.6 is 0 Å². The van der Waals surface area contributed by atoms with Gasteiger partial charge < -0.3 is 11.1 Å². The number of nitrogens with one attached hydrogen (secondary N) is 2. The number of nitrogen functional groups attached to an aromatic ring is 1. The Morgan fingerprint density at radius 3 is 2.94 bits per heavy atom. The summed E-state index contributed by atoms with van der Waals surface area (Å²) >= 11 is 0. The predicted octanol–water partition coefficient (Wildman–Crippen LogP) is 1.70. The van der Waals surface area contributed by atoms with Gasteiger partial charge in [0.25, 0.3) is 0 Å². The van der Waals surface area contributed by atoms with Crippen molar-refractivity contribution in [2.24, 2.45) is 0 Å². The molecule has 5 nitrogen and oxygen atoms in total. The van der Waals surface area contributed by atoms with Gasteiger partial charge >= 0.3 is 0 Å².